The summed E-state index contributed by atoms with van der Waals surface area (Å²) in [6.07, 6.45) is 8.30. The first-order valence-corrected chi connectivity index (χ1v) is 11.9. The van der Waals surface area contributed by atoms with Gasteiger partial charge >= 0.3 is 5.69 Å². The molecule has 176 valence electrons. The summed E-state index contributed by atoms with van der Waals surface area (Å²) in [5.74, 6) is 1.39. The number of nitrogens with one attached hydrogen (secondary N) is 1. The summed E-state index contributed by atoms with van der Waals surface area (Å²) < 4.78 is 9.25. The minimum atomic E-state index is -0.789. The Balaban J connectivity index is 1.77. The third-order valence-electron chi connectivity index (χ3n) is 6.49. The molecule has 0 bridgehead atoms. The fraction of sp³-hybridized carbons (Fsp3) is 0.500. The standard InChI is InChI=1S/C26H35N5O2/c1-6-33-26(4,5)30-17-23(31(25(30)32)21-9-7-8-19(3)16-21)22-14-15-27-24(29-22)28-20-12-10-18(2)11-13-20/h7-9,14-18,20H,6,10-13H2,1-5H3,(H,27,28,29). The number of nitrogens with zero attached hydrogens (tertiary/aromatic N) is 4. The van der Waals surface area contributed by atoms with Crippen LogP contribution in [0.3, 0.4) is 0 Å². The molecule has 0 spiro atoms. The Kier molecular flexibility index (Phi) is 6.70. The highest BCUT2D eigenvalue weighted by molar-refractivity contribution is 5.59. The van der Waals surface area contributed by atoms with E-state index >= 15 is 0 Å². The average molecular weight is 450 g/mol. The highest BCUT2D eigenvalue weighted by Gasteiger charge is 2.27. The summed E-state index contributed by atoms with van der Waals surface area (Å²) in [6, 6.07) is 10.2. The lowest BCUT2D eigenvalue weighted by atomic mass is 9.87. The van der Waals surface area contributed by atoms with Crippen LogP contribution in [0.15, 0.2) is 47.5 Å². The lowest BCUT2D eigenvalue weighted by Gasteiger charge is -2.26. The molecule has 0 unspecified atom stereocenters. The summed E-state index contributed by atoms with van der Waals surface area (Å²) in [5, 5.41) is 3.51. The molecular formula is C26H35N5O2. The van der Waals surface area contributed by atoms with Crippen molar-refractivity contribution in [1.82, 2.24) is 19.1 Å². The number of imidazole rings is 1. The van der Waals surface area contributed by atoms with E-state index < -0.39 is 5.72 Å². The molecule has 0 saturated heterocycles. The molecule has 1 saturated carbocycles. The summed E-state index contributed by atoms with van der Waals surface area (Å²) in [5.41, 5.74) is 2.34. The zero-order valence-electron chi connectivity index (χ0n) is 20.3. The molecule has 7 heteroatoms. The van der Waals surface area contributed by atoms with Gasteiger partial charge in [-0.3, -0.25) is 9.13 Å². The second kappa shape index (κ2) is 9.51. The van der Waals surface area contributed by atoms with E-state index in [0.29, 0.717) is 30.0 Å². The molecule has 1 aliphatic rings. The number of hydrogen-bond donors (Lipinski definition) is 1. The molecular weight excluding hydrogens is 414 g/mol. The van der Waals surface area contributed by atoms with Crippen molar-refractivity contribution in [1.29, 1.82) is 0 Å². The van der Waals surface area contributed by atoms with Gasteiger partial charge in [-0.05, 0) is 83.1 Å². The zero-order valence-corrected chi connectivity index (χ0v) is 20.3. The predicted octanol–water partition coefficient (Wildman–Crippen LogP) is 5.12. The molecule has 1 fully saturated rings. The minimum Gasteiger partial charge on any atom is -0.356 e. The molecule has 2 aromatic heterocycles. The van der Waals surface area contributed by atoms with Crippen LogP contribution in [0.2, 0.25) is 0 Å². The Morgan fingerprint density at radius 1 is 1.18 bits per heavy atom. The van der Waals surface area contributed by atoms with Crippen LogP contribution in [0.4, 0.5) is 5.95 Å². The average Bonchev–Trinajstić information content (AvgIpc) is 3.14. The summed E-state index contributed by atoms with van der Waals surface area (Å²) in [7, 11) is 0. The van der Waals surface area contributed by atoms with Crippen LogP contribution < -0.4 is 11.0 Å². The fourth-order valence-corrected chi connectivity index (χ4v) is 4.61. The van der Waals surface area contributed by atoms with Crippen molar-refractivity contribution < 1.29 is 4.74 Å². The van der Waals surface area contributed by atoms with Gasteiger partial charge in [-0.2, -0.15) is 0 Å². The Bertz CT molecular complexity index is 1160. The minimum absolute atomic E-state index is 0.163. The Hall–Kier alpha value is -2.93. The summed E-state index contributed by atoms with van der Waals surface area (Å²) >= 11 is 0. The molecule has 1 aliphatic carbocycles. The molecule has 1 N–H and O–H groups in total. The highest BCUT2D eigenvalue weighted by Crippen LogP contribution is 2.27. The maximum absolute atomic E-state index is 13.6. The molecule has 1 aromatic carbocycles. The number of ether oxygens (including phenoxy) is 1. The van der Waals surface area contributed by atoms with Crippen molar-refractivity contribution in [2.75, 3.05) is 11.9 Å². The number of rotatable bonds is 7. The molecule has 0 amide bonds. The lowest BCUT2D eigenvalue weighted by molar-refractivity contribution is -0.0745. The second-order valence-corrected chi connectivity index (χ2v) is 9.59. The van der Waals surface area contributed by atoms with Crippen molar-refractivity contribution >= 4 is 5.95 Å². The van der Waals surface area contributed by atoms with Gasteiger partial charge in [0.2, 0.25) is 5.95 Å². The van der Waals surface area contributed by atoms with E-state index in [4.69, 9.17) is 9.72 Å². The van der Waals surface area contributed by atoms with Gasteiger partial charge in [0, 0.05) is 25.0 Å². The molecule has 3 aromatic rings. The van der Waals surface area contributed by atoms with Gasteiger partial charge in [0.1, 0.15) is 5.72 Å². The van der Waals surface area contributed by atoms with Crippen LogP contribution in [0, 0.1) is 12.8 Å². The Morgan fingerprint density at radius 3 is 2.64 bits per heavy atom. The molecule has 7 nitrogen and oxygen atoms in total. The van der Waals surface area contributed by atoms with Gasteiger partial charge in [-0.1, -0.05) is 19.1 Å². The molecule has 0 aliphatic heterocycles. The van der Waals surface area contributed by atoms with Crippen molar-refractivity contribution in [2.45, 2.75) is 72.1 Å². The van der Waals surface area contributed by atoms with Crippen molar-refractivity contribution in [2.24, 2.45) is 5.92 Å². The SMILES string of the molecule is CCOC(C)(C)n1cc(-c2ccnc(NC3CCC(C)CC3)n2)n(-c2cccc(C)c2)c1=O. The largest absolute Gasteiger partial charge is 0.356 e. The maximum atomic E-state index is 13.6. The van der Waals surface area contributed by atoms with Crippen molar-refractivity contribution in [3.8, 4) is 17.1 Å². The topological polar surface area (TPSA) is 74.0 Å². The monoisotopic (exact) mass is 449 g/mol. The van der Waals surface area contributed by atoms with Crippen molar-refractivity contribution in [3.63, 3.8) is 0 Å². The van der Waals surface area contributed by atoms with E-state index in [1.165, 1.54) is 12.8 Å². The van der Waals surface area contributed by atoms with Crippen LogP contribution in [0.5, 0.6) is 0 Å². The summed E-state index contributed by atoms with van der Waals surface area (Å²) in [6.45, 7) is 10.6. The van der Waals surface area contributed by atoms with Gasteiger partial charge in [0.05, 0.1) is 17.1 Å². The number of aryl methyl sites for hydroxylation is 1. The van der Waals surface area contributed by atoms with Crippen molar-refractivity contribution in [3.05, 3.63) is 58.8 Å². The van der Waals surface area contributed by atoms with Gasteiger partial charge in [-0.25, -0.2) is 14.8 Å². The first-order valence-electron chi connectivity index (χ1n) is 11.9. The molecule has 0 atom stereocenters. The molecule has 0 radical (unpaired) electrons. The zero-order chi connectivity index (χ0) is 23.6. The van der Waals surface area contributed by atoms with Crippen LogP contribution in [0.25, 0.3) is 17.1 Å². The van der Waals surface area contributed by atoms with Gasteiger partial charge in [-0.15, -0.1) is 0 Å². The third-order valence-corrected chi connectivity index (χ3v) is 6.49. The lowest BCUT2D eigenvalue weighted by Crippen LogP contribution is -2.38. The number of benzene rings is 1. The Labute approximate surface area is 195 Å². The fourth-order valence-electron chi connectivity index (χ4n) is 4.61. The molecule has 4 rings (SSSR count). The predicted molar refractivity (Wildman–Crippen MR) is 132 cm³/mol. The normalized spacial score (nSPS) is 18.9. The number of anilines is 1. The van der Waals surface area contributed by atoms with E-state index in [-0.39, 0.29) is 5.69 Å². The second-order valence-electron chi connectivity index (χ2n) is 9.59. The smallest absolute Gasteiger partial charge is 0.335 e. The summed E-state index contributed by atoms with van der Waals surface area (Å²) in [4.78, 5) is 22.9. The molecule has 2 heterocycles. The number of hydrogen-bond acceptors (Lipinski definition) is 5. The van der Waals surface area contributed by atoms with Gasteiger partial charge in [0.25, 0.3) is 0 Å². The van der Waals surface area contributed by atoms with E-state index in [1.807, 2.05) is 64.2 Å². The van der Waals surface area contributed by atoms with Crippen LogP contribution >= 0.6 is 0 Å². The maximum Gasteiger partial charge on any atom is 0.335 e. The highest BCUT2D eigenvalue weighted by atomic mass is 16.5. The third kappa shape index (κ3) is 5.03. The quantitative estimate of drug-likeness (QED) is 0.542. The first-order chi connectivity index (χ1) is 15.8. The van der Waals surface area contributed by atoms with Crippen LogP contribution in [0.1, 0.15) is 58.9 Å². The Morgan fingerprint density at radius 2 is 1.94 bits per heavy atom. The van der Waals surface area contributed by atoms with E-state index in [9.17, 15) is 4.79 Å². The van der Waals surface area contributed by atoms with Crippen LogP contribution in [-0.4, -0.2) is 31.8 Å². The van der Waals surface area contributed by atoms with E-state index in [2.05, 4.69) is 17.2 Å². The van der Waals surface area contributed by atoms with Crippen LogP contribution in [-0.2, 0) is 10.5 Å². The first kappa shape index (κ1) is 23.2. The number of aromatic nitrogens is 4. The molecule has 33 heavy (non-hydrogen) atoms. The van der Waals surface area contributed by atoms with E-state index in [1.54, 1.807) is 15.3 Å². The van der Waals surface area contributed by atoms with E-state index in [0.717, 1.165) is 30.0 Å². The van der Waals surface area contributed by atoms with Gasteiger partial charge < -0.3 is 10.1 Å². The van der Waals surface area contributed by atoms with Gasteiger partial charge in [0.15, 0.2) is 0 Å².